The molecule has 4 N–H and O–H groups in total. The molecule has 5 rings (SSSR count). The molecule has 4 amide bonds. The number of nitrogens with one attached hydrogen (secondary N) is 1. The molecule has 0 bridgehead atoms. The third kappa shape index (κ3) is 5.50. The lowest BCUT2D eigenvalue weighted by atomic mass is 10.0. The van der Waals surface area contributed by atoms with Crippen LogP contribution >= 0.6 is 23.5 Å². The average Bonchev–Trinajstić information content (AvgIpc) is 3.42. The Morgan fingerprint density at radius 1 is 1.32 bits per heavy atom. The van der Waals surface area contributed by atoms with Crippen LogP contribution in [0.25, 0.3) is 0 Å². The van der Waals surface area contributed by atoms with Gasteiger partial charge in [0.05, 0.1) is 18.1 Å². The van der Waals surface area contributed by atoms with E-state index >= 15 is 0 Å². The van der Waals surface area contributed by atoms with Crippen LogP contribution in [-0.2, 0) is 28.8 Å². The maximum atomic E-state index is 12.6. The molecule has 16 heteroatoms. The van der Waals surface area contributed by atoms with Gasteiger partial charge in [0, 0.05) is 23.3 Å². The van der Waals surface area contributed by atoms with Crippen LogP contribution in [0.2, 0.25) is 0 Å². The van der Waals surface area contributed by atoms with Crippen LogP contribution in [-0.4, -0.2) is 92.4 Å². The van der Waals surface area contributed by atoms with Gasteiger partial charge in [-0.25, -0.2) is 9.59 Å². The molecule has 202 valence electrons. The van der Waals surface area contributed by atoms with Gasteiger partial charge in [-0.1, -0.05) is 11.2 Å². The number of ether oxygens (including phenoxy) is 1. The van der Waals surface area contributed by atoms with Crippen molar-refractivity contribution in [1.82, 2.24) is 15.1 Å². The Balaban J connectivity index is 0.000000311. The Morgan fingerprint density at radius 3 is 2.68 bits per heavy atom. The number of aliphatic carboxylic acids is 1. The Labute approximate surface area is 224 Å². The second kappa shape index (κ2) is 11.6. The van der Waals surface area contributed by atoms with Crippen molar-refractivity contribution in [2.75, 3.05) is 25.2 Å². The summed E-state index contributed by atoms with van der Waals surface area (Å²) < 4.78 is 9.79. The lowest BCUT2D eigenvalue weighted by Crippen LogP contribution is -2.71. The van der Waals surface area contributed by atoms with Gasteiger partial charge in [0.2, 0.25) is 11.6 Å². The van der Waals surface area contributed by atoms with E-state index in [2.05, 4.69) is 20.0 Å². The van der Waals surface area contributed by atoms with Crippen molar-refractivity contribution >= 4 is 59.0 Å². The van der Waals surface area contributed by atoms with Crippen molar-refractivity contribution in [1.29, 1.82) is 0 Å². The van der Waals surface area contributed by atoms with E-state index in [4.69, 9.17) is 10.2 Å². The minimum absolute atomic E-state index is 0.140. The predicted molar refractivity (Wildman–Crippen MR) is 134 cm³/mol. The molecular weight excluding hydrogens is 542 g/mol. The maximum Gasteiger partial charge on any atom is 0.404 e. The molecule has 0 unspecified atom stereocenters. The molecule has 4 aliphatic heterocycles. The van der Waals surface area contributed by atoms with E-state index in [9.17, 15) is 29.1 Å². The van der Waals surface area contributed by atoms with Gasteiger partial charge < -0.3 is 35.0 Å². The minimum atomic E-state index is -1.35. The molecule has 14 nitrogen and oxygen atoms in total. The number of hydrogen-bond acceptors (Lipinski definition) is 11. The van der Waals surface area contributed by atoms with Gasteiger partial charge in [-0.2, -0.15) is 0 Å². The van der Waals surface area contributed by atoms with Crippen molar-refractivity contribution in [2.24, 2.45) is 10.9 Å². The zero-order valence-corrected chi connectivity index (χ0v) is 21.5. The van der Waals surface area contributed by atoms with Crippen LogP contribution in [0.4, 0.5) is 4.79 Å². The molecule has 0 spiro atoms. The SMILES string of the molecule is CO/N=C(\C(=O)N[C@@H]1C(=O)N2C(C(=O)O)=C(COC(N)=O)CS[C@@H]12)c1ccco1.O=C1C[C@@H]2SCC=CN12. The van der Waals surface area contributed by atoms with Crippen molar-refractivity contribution < 1.29 is 43.1 Å². The van der Waals surface area contributed by atoms with Gasteiger partial charge >= 0.3 is 12.1 Å². The highest BCUT2D eigenvalue weighted by molar-refractivity contribution is 8.00. The van der Waals surface area contributed by atoms with Gasteiger partial charge in [0.1, 0.15) is 30.8 Å². The standard InChI is InChI=1S/C16H16N4O8S.C6H7NOS/c1-26-19-9(8-3-2-4-27-8)12(21)18-10-13(22)20-11(15(23)24)7(5-28-16(17)25)6-29-14(10)20;8-5-4-6-7(5)2-1-3-9-6/h2-4,10,14H,5-6H2,1H3,(H2,17,25)(H,18,21)(H,23,24);1-2,6H,3-4H2/b19-9-;/t10-,14+;6-/m10/s1. The Kier molecular flexibility index (Phi) is 8.31. The first-order valence-electron chi connectivity index (χ1n) is 11.1. The van der Waals surface area contributed by atoms with E-state index in [0.717, 1.165) is 17.1 Å². The molecule has 2 saturated heterocycles. The Bertz CT molecular complexity index is 1230. The molecule has 0 radical (unpaired) electrons. The summed E-state index contributed by atoms with van der Waals surface area (Å²) in [7, 11) is 1.25. The first kappa shape index (κ1) is 27.1. The number of nitrogens with two attached hydrogens (primary N) is 1. The van der Waals surface area contributed by atoms with Gasteiger partial charge in [0.25, 0.3) is 11.8 Å². The van der Waals surface area contributed by atoms with Gasteiger partial charge in [-0.15, -0.1) is 23.5 Å². The topological polar surface area (TPSA) is 194 Å². The third-order valence-electron chi connectivity index (χ3n) is 5.68. The zero-order chi connectivity index (χ0) is 27.4. The van der Waals surface area contributed by atoms with Crippen LogP contribution in [0.1, 0.15) is 12.2 Å². The summed E-state index contributed by atoms with van der Waals surface area (Å²) in [6, 6.07) is 2.08. The smallest absolute Gasteiger partial charge is 0.404 e. The predicted octanol–water partition coefficient (Wildman–Crippen LogP) is 0.269. The van der Waals surface area contributed by atoms with Crippen molar-refractivity contribution in [3.8, 4) is 0 Å². The van der Waals surface area contributed by atoms with Crippen LogP contribution in [0, 0.1) is 0 Å². The average molecular weight is 566 g/mol. The molecule has 2 fully saturated rings. The fourth-order valence-electron chi connectivity index (χ4n) is 3.91. The first-order chi connectivity index (χ1) is 18.2. The summed E-state index contributed by atoms with van der Waals surface area (Å²) in [4.78, 5) is 65.8. The number of hydrogen-bond donors (Lipinski definition) is 3. The van der Waals surface area contributed by atoms with E-state index < -0.39 is 35.3 Å². The number of carboxylic acid groups (broad SMARTS) is 1. The molecule has 1 aromatic heterocycles. The normalized spacial score (nSPS) is 23.7. The highest BCUT2D eigenvalue weighted by atomic mass is 32.2. The van der Waals surface area contributed by atoms with Crippen molar-refractivity contribution in [2.45, 2.75) is 23.2 Å². The summed E-state index contributed by atoms with van der Waals surface area (Å²) in [6.07, 6.45) is 4.96. The van der Waals surface area contributed by atoms with Crippen molar-refractivity contribution in [3.63, 3.8) is 0 Å². The van der Waals surface area contributed by atoms with Crippen LogP contribution in [0.3, 0.4) is 0 Å². The number of thioether (sulfide) groups is 2. The molecular formula is C22H23N5O9S2. The second-order valence-corrected chi connectivity index (χ2v) is 10.3. The van der Waals surface area contributed by atoms with Gasteiger partial charge in [-0.05, 0) is 12.1 Å². The summed E-state index contributed by atoms with van der Waals surface area (Å²) in [5.41, 5.74) is 4.68. The summed E-state index contributed by atoms with van der Waals surface area (Å²) in [5.74, 6) is -1.05. The summed E-state index contributed by atoms with van der Waals surface area (Å²) in [5, 5.41) is 15.5. The number of primary amides is 1. The number of carbonyl (C=O) groups excluding carboxylic acids is 4. The molecule has 0 aliphatic carbocycles. The number of oxime groups is 1. The van der Waals surface area contributed by atoms with E-state index in [1.165, 1.54) is 31.2 Å². The number of fused-ring (bicyclic) bond motifs is 2. The maximum absolute atomic E-state index is 12.6. The number of nitrogens with zero attached hydrogens (tertiary/aromatic N) is 3. The largest absolute Gasteiger partial charge is 0.477 e. The summed E-state index contributed by atoms with van der Waals surface area (Å²) in [6.45, 7) is -0.347. The van der Waals surface area contributed by atoms with E-state index in [0.29, 0.717) is 5.37 Å². The van der Waals surface area contributed by atoms with E-state index in [1.54, 1.807) is 11.0 Å². The molecule has 0 saturated carbocycles. The minimum Gasteiger partial charge on any atom is -0.477 e. The Morgan fingerprint density at radius 2 is 2.11 bits per heavy atom. The van der Waals surface area contributed by atoms with Crippen LogP contribution < -0.4 is 11.1 Å². The summed E-state index contributed by atoms with van der Waals surface area (Å²) >= 11 is 3.05. The quantitative estimate of drug-likeness (QED) is 0.233. The molecule has 3 atom stereocenters. The lowest BCUT2D eigenvalue weighted by Gasteiger charge is -2.49. The lowest BCUT2D eigenvalue weighted by molar-refractivity contribution is -0.150. The van der Waals surface area contributed by atoms with Crippen LogP contribution in [0.15, 0.2) is 51.5 Å². The monoisotopic (exact) mass is 565 g/mol. The molecule has 5 heterocycles. The molecule has 4 aliphatic rings. The van der Waals surface area contributed by atoms with Crippen LogP contribution in [0.5, 0.6) is 0 Å². The fourth-order valence-corrected chi connectivity index (χ4v) is 6.26. The number of rotatable bonds is 7. The number of amides is 4. The molecule has 1 aromatic rings. The molecule has 38 heavy (non-hydrogen) atoms. The third-order valence-corrected chi connectivity index (χ3v) is 8.18. The number of β-lactam (4-membered cyclic amide) rings is 2. The van der Waals surface area contributed by atoms with Crippen molar-refractivity contribution in [3.05, 3.63) is 47.7 Å². The Hall–Kier alpha value is -3.92. The second-order valence-electron chi connectivity index (χ2n) is 8.00. The highest BCUT2D eigenvalue weighted by Gasteiger charge is 2.54. The fraction of sp³-hybridized carbons (Fsp3) is 0.364. The van der Waals surface area contributed by atoms with Gasteiger partial charge in [-0.3, -0.25) is 19.3 Å². The highest BCUT2D eigenvalue weighted by Crippen LogP contribution is 2.40. The number of furan rings is 1. The first-order valence-corrected chi connectivity index (χ1v) is 13.2. The number of carbonyl (C=O) groups is 5. The molecule has 0 aromatic carbocycles. The van der Waals surface area contributed by atoms with Gasteiger partial charge in [0.15, 0.2) is 5.76 Å². The van der Waals surface area contributed by atoms with E-state index in [1.807, 2.05) is 24.0 Å². The zero-order valence-electron chi connectivity index (χ0n) is 19.9. The number of carboxylic acids is 1. The van der Waals surface area contributed by atoms with E-state index in [-0.39, 0.29) is 41.0 Å².